The van der Waals surface area contributed by atoms with Crippen molar-refractivity contribution in [3.63, 3.8) is 0 Å². The first-order valence-corrected chi connectivity index (χ1v) is 8.49. The number of halogens is 3. The summed E-state index contributed by atoms with van der Waals surface area (Å²) in [5.74, 6) is 0.553. The SMILES string of the molecule is Cl.Fc1ccc(COc2cccc(CNCc3ccccc3Cl)c2)cc1. The summed E-state index contributed by atoms with van der Waals surface area (Å²) >= 11 is 6.16. The predicted octanol–water partition coefficient (Wildman–Crippen LogP) is 5.77. The molecule has 26 heavy (non-hydrogen) atoms. The fraction of sp³-hybridized carbons (Fsp3) is 0.143. The topological polar surface area (TPSA) is 21.3 Å². The van der Waals surface area contributed by atoms with Gasteiger partial charge in [0, 0.05) is 18.1 Å². The van der Waals surface area contributed by atoms with E-state index in [9.17, 15) is 4.39 Å². The lowest BCUT2D eigenvalue weighted by Gasteiger charge is -2.10. The highest BCUT2D eigenvalue weighted by Crippen LogP contribution is 2.17. The van der Waals surface area contributed by atoms with E-state index >= 15 is 0 Å². The third-order valence-corrected chi connectivity index (χ3v) is 4.19. The molecule has 3 aromatic carbocycles. The van der Waals surface area contributed by atoms with Gasteiger partial charge in [-0.05, 0) is 47.0 Å². The van der Waals surface area contributed by atoms with Crippen molar-refractivity contribution in [1.29, 1.82) is 0 Å². The average molecular weight is 392 g/mol. The zero-order valence-corrected chi connectivity index (χ0v) is 15.7. The van der Waals surface area contributed by atoms with Crippen molar-refractivity contribution >= 4 is 24.0 Å². The van der Waals surface area contributed by atoms with Crippen LogP contribution in [0.25, 0.3) is 0 Å². The van der Waals surface area contributed by atoms with Crippen molar-refractivity contribution in [2.45, 2.75) is 19.7 Å². The van der Waals surface area contributed by atoms with E-state index in [0.29, 0.717) is 13.2 Å². The van der Waals surface area contributed by atoms with Crippen LogP contribution < -0.4 is 10.1 Å². The molecule has 3 rings (SSSR count). The number of rotatable bonds is 7. The van der Waals surface area contributed by atoms with E-state index < -0.39 is 0 Å². The zero-order chi connectivity index (χ0) is 17.5. The van der Waals surface area contributed by atoms with Crippen LogP contribution in [0, 0.1) is 5.82 Å². The maximum atomic E-state index is 12.9. The number of hydrogen-bond acceptors (Lipinski definition) is 2. The Morgan fingerprint density at radius 2 is 1.62 bits per heavy atom. The Morgan fingerprint density at radius 3 is 2.38 bits per heavy atom. The first-order chi connectivity index (χ1) is 12.2. The van der Waals surface area contributed by atoms with Gasteiger partial charge in [-0.3, -0.25) is 0 Å². The molecule has 0 spiro atoms. The van der Waals surface area contributed by atoms with Gasteiger partial charge in [0.1, 0.15) is 18.2 Å². The van der Waals surface area contributed by atoms with Crippen LogP contribution in [0.15, 0.2) is 72.8 Å². The van der Waals surface area contributed by atoms with Crippen LogP contribution in [0.2, 0.25) is 5.02 Å². The van der Waals surface area contributed by atoms with Gasteiger partial charge in [-0.2, -0.15) is 0 Å². The lowest BCUT2D eigenvalue weighted by atomic mass is 10.2. The van der Waals surface area contributed by atoms with Crippen LogP contribution in [0.3, 0.4) is 0 Å². The Hall–Kier alpha value is -2.07. The van der Waals surface area contributed by atoms with Crippen LogP contribution in [-0.2, 0) is 19.7 Å². The smallest absolute Gasteiger partial charge is 0.123 e. The molecule has 0 aromatic heterocycles. The minimum absolute atomic E-state index is 0. The second kappa shape index (κ2) is 10.2. The van der Waals surface area contributed by atoms with E-state index in [0.717, 1.165) is 34.0 Å². The van der Waals surface area contributed by atoms with E-state index in [-0.39, 0.29) is 18.2 Å². The van der Waals surface area contributed by atoms with Gasteiger partial charge in [0.25, 0.3) is 0 Å². The van der Waals surface area contributed by atoms with Crippen molar-refractivity contribution < 1.29 is 9.13 Å². The highest BCUT2D eigenvalue weighted by Gasteiger charge is 2.01. The number of benzene rings is 3. The lowest BCUT2D eigenvalue weighted by molar-refractivity contribution is 0.305. The Balaban J connectivity index is 0.00000243. The first kappa shape index (κ1) is 20.2. The Morgan fingerprint density at radius 1 is 0.846 bits per heavy atom. The van der Waals surface area contributed by atoms with Crippen LogP contribution in [-0.4, -0.2) is 0 Å². The first-order valence-electron chi connectivity index (χ1n) is 8.11. The van der Waals surface area contributed by atoms with Gasteiger partial charge in [0.15, 0.2) is 0 Å². The molecule has 0 aliphatic heterocycles. The third kappa shape index (κ3) is 6.03. The molecule has 5 heteroatoms. The largest absolute Gasteiger partial charge is 0.489 e. The minimum Gasteiger partial charge on any atom is -0.489 e. The van der Waals surface area contributed by atoms with E-state index in [2.05, 4.69) is 5.32 Å². The van der Waals surface area contributed by atoms with Gasteiger partial charge in [0.05, 0.1) is 0 Å². The average Bonchev–Trinajstić information content (AvgIpc) is 2.63. The van der Waals surface area contributed by atoms with Crippen LogP contribution in [0.5, 0.6) is 5.75 Å². The minimum atomic E-state index is -0.240. The van der Waals surface area contributed by atoms with Gasteiger partial charge >= 0.3 is 0 Å². The fourth-order valence-corrected chi connectivity index (χ4v) is 2.68. The molecule has 0 atom stereocenters. The molecule has 0 aliphatic carbocycles. The normalized spacial score (nSPS) is 10.2. The Kier molecular flexibility index (Phi) is 7.92. The summed E-state index contributed by atoms with van der Waals surface area (Å²) < 4.78 is 18.7. The fourth-order valence-electron chi connectivity index (χ4n) is 2.48. The van der Waals surface area contributed by atoms with Gasteiger partial charge < -0.3 is 10.1 Å². The van der Waals surface area contributed by atoms with Crippen molar-refractivity contribution in [2.24, 2.45) is 0 Å². The molecule has 0 amide bonds. The number of nitrogens with one attached hydrogen (secondary N) is 1. The van der Waals surface area contributed by atoms with E-state index in [4.69, 9.17) is 16.3 Å². The molecule has 0 heterocycles. The molecule has 0 bridgehead atoms. The summed E-state index contributed by atoms with van der Waals surface area (Å²) in [6.45, 7) is 1.84. The number of hydrogen-bond donors (Lipinski definition) is 1. The molecule has 0 radical (unpaired) electrons. The molecule has 0 unspecified atom stereocenters. The predicted molar refractivity (Wildman–Crippen MR) is 106 cm³/mol. The summed E-state index contributed by atoms with van der Waals surface area (Å²) in [7, 11) is 0. The maximum Gasteiger partial charge on any atom is 0.123 e. The van der Waals surface area contributed by atoms with Gasteiger partial charge in [-0.25, -0.2) is 4.39 Å². The lowest BCUT2D eigenvalue weighted by Crippen LogP contribution is -2.13. The Labute approximate surface area is 164 Å². The molecule has 136 valence electrons. The molecule has 3 aromatic rings. The quantitative estimate of drug-likeness (QED) is 0.551. The molecule has 0 fully saturated rings. The van der Waals surface area contributed by atoms with Crippen molar-refractivity contribution in [2.75, 3.05) is 0 Å². The van der Waals surface area contributed by atoms with Gasteiger partial charge in [0.2, 0.25) is 0 Å². The third-order valence-electron chi connectivity index (χ3n) is 3.82. The number of ether oxygens (including phenoxy) is 1. The Bertz CT molecular complexity index is 824. The summed E-state index contributed by atoms with van der Waals surface area (Å²) in [5, 5.41) is 4.15. The van der Waals surface area contributed by atoms with Crippen LogP contribution >= 0.6 is 24.0 Å². The second-order valence-electron chi connectivity index (χ2n) is 5.76. The monoisotopic (exact) mass is 391 g/mol. The maximum absolute atomic E-state index is 12.9. The van der Waals surface area contributed by atoms with Crippen molar-refractivity contribution in [1.82, 2.24) is 5.32 Å². The van der Waals surface area contributed by atoms with Crippen molar-refractivity contribution in [3.8, 4) is 5.75 Å². The zero-order valence-electron chi connectivity index (χ0n) is 14.1. The summed E-state index contributed by atoms with van der Waals surface area (Å²) in [4.78, 5) is 0. The molecule has 0 saturated heterocycles. The van der Waals surface area contributed by atoms with E-state index in [1.54, 1.807) is 12.1 Å². The highest BCUT2D eigenvalue weighted by molar-refractivity contribution is 6.31. The summed E-state index contributed by atoms with van der Waals surface area (Å²) in [6, 6.07) is 22.1. The highest BCUT2D eigenvalue weighted by atomic mass is 35.5. The molecule has 0 saturated carbocycles. The van der Waals surface area contributed by atoms with Crippen LogP contribution in [0.4, 0.5) is 4.39 Å². The second-order valence-corrected chi connectivity index (χ2v) is 6.16. The molecular weight excluding hydrogens is 372 g/mol. The van der Waals surface area contributed by atoms with E-state index in [1.807, 2.05) is 48.5 Å². The molecular formula is C21H20Cl2FNO. The van der Waals surface area contributed by atoms with Crippen molar-refractivity contribution in [3.05, 3.63) is 100 Å². The standard InChI is InChI=1S/C21H19ClFNO.ClH/c22-21-7-2-1-5-18(21)14-24-13-17-4-3-6-20(12-17)25-15-16-8-10-19(23)11-9-16;/h1-12,24H,13-15H2;1H. The molecule has 0 aliphatic rings. The van der Waals surface area contributed by atoms with E-state index in [1.165, 1.54) is 12.1 Å². The van der Waals surface area contributed by atoms with Gasteiger partial charge in [-0.15, -0.1) is 12.4 Å². The van der Waals surface area contributed by atoms with Crippen LogP contribution in [0.1, 0.15) is 16.7 Å². The summed E-state index contributed by atoms with van der Waals surface area (Å²) in [6.07, 6.45) is 0. The molecule has 2 nitrogen and oxygen atoms in total. The molecule has 1 N–H and O–H groups in total. The summed E-state index contributed by atoms with van der Waals surface area (Å²) in [5.41, 5.74) is 3.14. The van der Waals surface area contributed by atoms with Gasteiger partial charge in [-0.1, -0.05) is 54.1 Å².